The van der Waals surface area contributed by atoms with Crippen LogP contribution in [0.2, 0.25) is 0 Å². The highest BCUT2D eigenvalue weighted by molar-refractivity contribution is 5.95. The molecule has 8 heteroatoms. The van der Waals surface area contributed by atoms with Gasteiger partial charge >= 0.3 is 0 Å². The van der Waals surface area contributed by atoms with E-state index in [1.165, 1.54) is 6.33 Å². The summed E-state index contributed by atoms with van der Waals surface area (Å²) < 4.78 is 1.71. The van der Waals surface area contributed by atoms with Crippen LogP contribution in [0.15, 0.2) is 48.8 Å². The number of nitrogens with one attached hydrogen (secondary N) is 1. The molecule has 0 bridgehead atoms. The molecular weight excluding hydrogens is 380 g/mol. The van der Waals surface area contributed by atoms with Crippen molar-refractivity contribution >= 4 is 28.4 Å². The van der Waals surface area contributed by atoms with Gasteiger partial charge in [0.1, 0.15) is 17.4 Å². The third kappa shape index (κ3) is 3.48. The second-order valence-corrected chi connectivity index (χ2v) is 7.26. The van der Waals surface area contributed by atoms with Crippen molar-refractivity contribution in [1.29, 1.82) is 0 Å². The quantitative estimate of drug-likeness (QED) is 0.483. The first-order valence-electron chi connectivity index (χ1n) is 9.47. The Morgan fingerprint density at radius 1 is 1.13 bits per heavy atom. The van der Waals surface area contributed by atoms with E-state index in [1.807, 2.05) is 45.0 Å². The number of hydrogen-bond donors (Lipinski definition) is 3. The summed E-state index contributed by atoms with van der Waals surface area (Å²) in [7, 11) is 0. The van der Waals surface area contributed by atoms with Crippen molar-refractivity contribution in [2.45, 2.75) is 26.9 Å². The number of fused-ring (bicyclic) bond motifs is 1. The summed E-state index contributed by atoms with van der Waals surface area (Å²) in [6, 6.07) is 12.6. The van der Waals surface area contributed by atoms with Gasteiger partial charge in [0.05, 0.1) is 11.4 Å². The monoisotopic (exact) mass is 402 g/mol. The number of rotatable bonds is 4. The van der Waals surface area contributed by atoms with Crippen molar-refractivity contribution in [2.75, 3.05) is 11.1 Å². The van der Waals surface area contributed by atoms with E-state index < -0.39 is 12.0 Å². The van der Waals surface area contributed by atoms with Crippen molar-refractivity contribution < 1.29 is 9.90 Å². The van der Waals surface area contributed by atoms with Crippen LogP contribution in [-0.4, -0.2) is 30.8 Å². The van der Waals surface area contributed by atoms with Crippen LogP contribution in [0.25, 0.3) is 16.7 Å². The molecular formula is C22H22N6O2. The van der Waals surface area contributed by atoms with Crippen molar-refractivity contribution in [3.05, 3.63) is 71.2 Å². The Morgan fingerprint density at radius 3 is 2.67 bits per heavy atom. The highest BCUT2D eigenvalue weighted by Gasteiger charge is 2.19. The Bertz CT molecular complexity index is 1260. The van der Waals surface area contributed by atoms with Gasteiger partial charge in [-0.3, -0.25) is 4.79 Å². The number of benzene rings is 2. The van der Waals surface area contributed by atoms with E-state index in [2.05, 4.69) is 20.4 Å². The van der Waals surface area contributed by atoms with Gasteiger partial charge in [-0.2, -0.15) is 5.10 Å². The van der Waals surface area contributed by atoms with Crippen molar-refractivity contribution in [1.82, 2.24) is 19.7 Å². The van der Waals surface area contributed by atoms with E-state index in [1.54, 1.807) is 22.9 Å². The van der Waals surface area contributed by atoms with Crippen LogP contribution in [0.3, 0.4) is 0 Å². The average molecular weight is 402 g/mol. The Hall–Kier alpha value is -3.78. The van der Waals surface area contributed by atoms with Gasteiger partial charge in [0, 0.05) is 5.69 Å². The minimum Gasteiger partial charge on any atom is -0.382 e. The number of aliphatic hydroxyl groups is 1. The number of anilines is 2. The van der Waals surface area contributed by atoms with Gasteiger partial charge in [0.2, 0.25) is 0 Å². The average Bonchev–Trinajstić information content (AvgIpc) is 3.05. The number of carbonyl (C=O) groups is 1. The van der Waals surface area contributed by atoms with Crippen LogP contribution in [0, 0.1) is 20.8 Å². The van der Waals surface area contributed by atoms with Gasteiger partial charge in [0.15, 0.2) is 11.9 Å². The second-order valence-electron chi connectivity index (χ2n) is 7.26. The summed E-state index contributed by atoms with van der Waals surface area (Å²) in [5, 5.41) is 17.7. The molecule has 0 unspecified atom stereocenters. The van der Waals surface area contributed by atoms with E-state index in [4.69, 9.17) is 5.73 Å². The number of aryl methyl sites for hydroxylation is 3. The molecule has 1 atom stereocenters. The zero-order valence-electron chi connectivity index (χ0n) is 16.9. The lowest BCUT2D eigenvalue weighted by Crippen LogP contribution is -2.21. The summed E-state index contributed by atoms with van der Waals surface area (Å²) in [5.74, 6) is -0.149. The lowest BCUT2D eigenvalue weighted by Gasteiger charge is -2.14. The molecule has 0 spiro atoms. The first-order valence-corrected chi connectivity index (χ1v) is 9.47. The maximum atomic E-state index is 12.5. The van der Waals surface area contributed by atoms with Gasteiger partial charge in [-0.25, -0.2) is 14.6 Å². The largest absolute Gasteiger partial charge is 0.382 e. The standard InChI is InChI=1S/C22H22N6O2/c1-12-5-4-6-15(9-12)20(29)22(30)26-16-7-8-17(13(2)10-16)28-19-18(14(3)27-28)24-11-25-21(19)23/h4-11,20,29H,1-3H3,(H,26,30)(H2,23,24,25)/t20-/m1/s1. The zero-order valence-corrected chi connectivity index (χ0v) is 16.9. The summed E-state index contributed by atoms with van der Waals surface area (Å²) in [5.41, 5.74) is 11.9. The van der Waals surface area contributed by atoms with Gasteiger partial charge in [-0.1, -0.05) is 29.8 Å². The lowest BCUT2D eigenvalue weighted by atomic mass is 10.1. The number of amides is 1. The zero-order chi connectivity index (χ0) is 21.4. The van der Waals surface area contributed by atoms with E-state index in [0.29, 0.717) is 28.1 Å². The molecule has 8 nitrogen and oxygen atoms in total. The Labute approximate surface area is 173 Å². The SMILES string of the molecule is Cc1cccc([C@@H](O)C(=O)Nc2ccc(-n3nc(C)c4ncnc(N)c43)c(C)c2)c1. The number of carbonyl (C=O) groups excluding carboxylic acids is 1. The van der Waals surface area contributed by atoms with Crippen LogP contribution in [0.1, 0.15) is 28.5 Å². The molecule has 0 saturated carbocycles. The number of aliphatic hydroxyl groups excluding tert-OH is 1. The number of hydrogen-bond acceptors (Lipinski definition) is 6. The van der Waals surface area contributed by atoms with Crippen LogP contribution in [-0.2, 0) is 4.79 Å². The predicted octanol–water partition coefficient (Wildman–Crippen LogP) is 3.00. The Kier molecular flexibility index (Phi) is 4.93. The number of nitrogen functional groups attached to an aromatic ring is 1. The minimum atomic E-state index is -1.25. The molecule has 0 aliphatic heterocycles. The molecule has 0 radical (unpaired) electrons. The first-order chi connectivity index (χ1) is 14.3. The fourth-order valence-corrected chi connectivity index (χ4v) is 3.46. The Morgan fingerprint density at radius 2 is 1.93 bits per heavy atom. The highest BCUT2D eigenvalue weighted by atomic mass is 16.3. The van der Waals surface area contributed by atoms with Gasteiger partial charge in [0.25, 0.3) is 5.91 Å². The van der Waals surface area contributed by atoms with E-state index in [-0.39, 0.29) is 0 Å². The molecule has 0 aliphatic rings. The molecule has 0 aliphatic carbocycles. The smallest absolute Gasteiger partial charge is 0.257 e. The van der Waals surface area contributed by atoms with Crippen LogP contribution in [0.5, 0.6) is 0 Å². The minimum absolute atomic E-state index is 0.346. The molecule has 0 saturated heterocycles. The molecule has 152 valence electrons. The second kappa shape index (κ2) is 7.57. The molecule has 0 fully saturated rings. The van der Waals surface area contributed by atoms with Crippen molar-refractivity contribution in [2.24, 2.45) is 0 Å². The number of nitrogens with two attached hydrogens (primary N) is 1. The highest BCUT2D eigenvalue weighted by Crippen LogP contribution is 2.27. The lowest BCUT2D eigenvalue weighted by molar-refractivity contribution is -0.124. The summed E-state index contributed by atoms with van der Waals surface area (Å²) in [6.07, 6.45) is 0.168. The topological polar surface area (TPSA) is 119 Å². The predicted molar refractivity (Wildman–Crippen MR) is 115 cm³/mol. The van der Waals surface area contributed by atoms with Gasteiger partial charge < -0.3 is 16.2 Å². The summed E-state index contributed by atoms with van der Waals surface area (Å²) in [4.78, 5) is 20.8. The summed E-state index contributed by atoms with van der Waals surface area (Å²) in [6.45, 7) is 5.68. The van der Waals surface area contributed by atoms with Crippen LogP contribution >= 0.6 is 0 Å². The fraction of sp³-hybridized carbons (Fsp3) is 0.182. The molecule has 2 aromatic carbocycles. The van der Waals surface area contributed by atoms with Gasteiger partial charge in [-0.15, -0.1) is 0 Å². The molecule has 4 rings (SSSR count). The van der Waals surface area contributed by atoms with E-state index in [0.717, 1.165) is 22.5 Å². The maximum absolute atomic E-state index is 12.5. The molecule has 4 aromatic rings. The Balaban J connectivity index is 1.62. The van der Waals surface area contributed by atoms with Crippen LogP contribution < -0.4 is 11.1 Å². The third-order valence-corrected chi connectivity index (χ3v) is 4.95. The normalized spacial score (nSPS) is 12.1. The van der Waals surface area contributed by atoms with Crippen molar-refractivity contribution in [3.63, 3.8) is 0 Å². The molecule has 2 heterocycles. The third-order valence-electron chi connectivity index (χ3n) is 4.95. The molecule has 1 amide bonds. The summed E-state index contributed by atoms with van der Waals surface area (Å²) >= 11 is 0. The van der Waals surface area contributed by atoms with Crippen LogP contribution in [0.4, 0.5) is 11.5 Å². The van der Waals surface area contributed by atoms with E-state index >= 15 is 0 Å². The maximum Gasteiger partial charge on any atom is 0.257 e. The first kappa shape index (κ1) is 19.5. The number of aromatic nitrogens is 4. The number of nitrogens with zero attached hydrogens (tertiary/aromatic N) is 4. The molecule has 2 aromatic heterocycles. The molecule has 4 N–H and O–H groups in total. The fourth-order valence-electron chi connectivity index (χ4n) is 3.46. The van der Waals surface area contributed by atoms with Crippen molar-refractivity contribution in [3.8, 4) is 5.69 Å². The molecule has 30 heavy (non-hydrogen) atoms. The van der Waals surface area contributed by atoms with Gasteiger partial charge in [-0.05, 0) is 50.1 Å². The van der Waals surface area contributed by atoms with E-state index in [9.17, 15) is 9.90 Å².